The smallest absolute Gasteiger partial charge is 0.158 e. The fourth-order valence-corrected chi connectivity index (χ4v) is 2.65. The number of rotatable bonds is 0. The van der Waals surface area contributed by atoms with Gasteiger partial charge in [-0.2, -0.15) is 0 Å². The maximum absolute atomic E-state index is 11.8. The van der Waals surface area contributed by atoms with Crippen molar-refractivity contribution in [3.8, 4) is 0 Å². The molecule has 1 nitrogen and oxygen atoms in total. The summed E-state index contributed by atoms with van der Waals surface area (Å²) < 4.78 is 0. The zero-order chi connectivity index (χ0) is 13.1. The fourth-order valence-electron chi connectivity index (χ4n) is 2.65. The zero-order valence-corrected chi connectivity index (χ0v) is 12.2. The van der Waals surface area contributed by atoms with Gasteiger partial charge in [0.1, 0.15) is 0 Å². The normalized spacial score (nSPS) is 22.5. The van der Waals surface area contributed by atoms with Crippen LogP contribution in [0.3, 0.4) is 0 Å². The van der Waals surface area contributed by atoms with E-state index in [1.54, 1.807) is 0 Å². The number of allylic oxidation sites excluding steroid dienone is 2. The van der Waals surface area contributed by atoms with E-state index in [1.807, 2.05) is 6.92 Å². The average molecular weight is 250 g/mol. The number of ketones is 1. The molecular formula is C17H30O. The van der Waals surface area contributed by atoms with Gasteiger partial charge < -0.3 is 0 Å². The lowest BCUT2D eigenvalue weighted by Gasteiger charge is -2.05. The molecule has 0 amide bonds. The van der Waals surface area contributed by atoms with Gasteiger partial charge in [0.25, 0.3) is 0 Å². The maximum atomic E-state index is 11.8. The summed E-state index contributed by atoms with van der Waals surface area (Å²) in [5.74, 6) is 0.377. The quantitative estimate of drug-likeness (QED) is 0.548. The summed E-state index contributed by atoms with van der Waals surface area (Å²) in [4.78, 5) is 11.8. The van der Waals surface area contributed by atoms with Crippen LogP contribution in [0.4, 0.5) is 0 Å². The van der Waals surface area contributed by atoms with Gasteiger partial charge in [-0.3, -0.25) is 4.79 Å². The van der Waals surface area contributed by atoms with Gasteiger partial charge in [0.15, 0.2) is 5.78 Å². The van der Waals surface area contributed by atoms with Crippen LogP contribution in [0.25, 0.3) is 0 Å². The van der Waals surface area contributed by atoms with E-state index in [1.165, 1.54) is 64.2 Å². The van der Waals surface area contributed by atoms with Gasteiger partial charge >= 0.3 is 0 Å². The summed E-state index contributed by atoms with van der Waals surface area (Å²) in [7, 11) is 0. The van der Waals surface area contributed by atoms with Gasteiger partial charge in [-0.05, 0) is 31.8 Å². The van der Waals surface area contributed by atoms with Crippen LogP contribution in [0.5, 0.6) is 0 Å². The molecule has 0 aromatic heterocycles. The van der Waals surface area contributed by atoms with E-state index in [4.69, 9.17) is 0 Å². The minimum atomic E-state index is 0.377. The Balaban J connectivity index is 2.31. The molecule has 0 unspecified atom stereocenters. The Morgan fingerprint density at radius 1 is 0.722 bits per heavy atom. The number of hydrogen-bond acceptors (Lipinski definition) is 1. The lowest BCUT2D eigenvalue weighted by atomic mass is 10.0. The van der Waals surface area contributed by atoms with Crippen molar-refractivity contribution in [2.45, 2.75) is 90.4 Å². The van der Waals surface area contributed by atoms with E-state index in [0.717, 1.165) is 24.8 Å². The van der Waals surface area contributed by atoms with Gasteiger partial charge in [0, 0.05) is 6.42 Å². The van der Waals surface area contributed by atoms with Crippen LogP contribution in [0.15, 0.2) is 11.6 Å². The molecule has 0 aromatic rings. The topological polar surface area (TPSA) is 17.1 Å². The molecule has 0 saturated carbocycles. The third-order valence-electron chi connectivity index (χ3n) is 4.00. The molecule has 1 aliphatic carbocycles. The zero-order valence-electron chi connectivity index (χ0n) is 12.2. The van der Waals surface area contributed by atoms with Crippen molar-refractivity contribution < 1.29 is 4.79 Å². The Morgan fingerprint density at radius 3 is 1.72 bits per heavy atom. The van der Waals surface area contributed by atoms with Crippen LogP contribution in [0, 0.1) is 0 Å². The number of carbonyl (C=O) groups is 1. The Kier molecular flexibility index (Phi) is 8.89. The highest BCUT2D eigenvalue weighted by Gasteiger charge is 2.04. The van der Waals surface area contributed by atoms with Crippen LogP contribution in [-0.4, -0.2) is 5.78 Å². The highest BCUT2D eigenvalue weighted by molar-refractivity contribution is 5.94. The molecule has 0 radical (unpaired) electrons. The SMILES string of the molecule is CC1=CCCCCCCCCCCCCCC1=O. The molecule has 0 aromatic carbocycles. The van der Waals surface area contributed by atoms with Crippen molar-refractivity contribution in [1.82, 2.24) is 0 Å². The van der Waals surface area contributed by atoms with Crippen LogP contribution in [0.1, 0.15) is 90.4 Å². The summed E-state index contributed by atoms with van der Waals surface area (Å²) in [6.45, 7) is 1.99. The van der Waals surface area contributed by atoms with Crippen LogP contribution in [0.2, 0.25) is 0 Å². The molecule has 18 heavy (non-hydrogen) atoms. The van der Waals surface area contributed by atoms with Crippen molar-refractivity contribution in [3.63, 3.8) is 0 Å². The van der Waals surface area contributed by atoms with Gasteiger partial charge in [0.2, 0.25) is 0 Å². The molecule has 0 spiro atoms. The van der Waals surface area contributed by atoms with E-state index in [-0.39, 0.29) is 0 Å². The Hall–Kier alpha value is -0.590. The molecule has 1 rings (SSSR count). The minimum Gasteiger partial charge on any atom is -0.295 e. The van der Waals surface area contributed by atoms with Crippen molar-refractivity contribution in [2.24, 2.45) is 0 Å². The highest BCUT2D eigenvalue weighted by Crippen LogP contribution is 2.15. The first-order valence-electron chi connectivity index (χ1n) is 8.00. The van der Waals surface area contributed by atoms with E-state index >= 15 is 0 Å². The molecule has 1 heteroatoms. The first kappa shape index (κ1) is 15.5. The molecule has 104 valence electrons. The summed E-state index contributed by atoms with van der Waals surface area (Å²) in [5, 5.41) is 0. The molecular weight excluding hydrogens is 220 g/mol. The number of hydrogen-bond donors (Lipinski definition) is 0. The molecule has 0 bridgehead atoms. The number of Topliss-reactive ketones (excluding diaryl/α,β-unsaturated/α-hetero) is 1. The van der Waals surface area contributed by atoms with E-state index in [2.05, 4.69) is 6.08 Å². The van der Waals surface area contributed by atoms with Gasteiger partial charge in [0.05, 0.1) is 0 Å². The lowest BCUT2D eigenvalue weighted by Crippen LogP contribution is -1.99. The average Bonchev–Trinajstić information content (AvgIpc) is 2.37. The molecule has 0 aliphatic heterocycles. The molecule has 0 fully saturated rings. The first-order chi connectivity index (χ1) is 8.80. The predicted molar refractivity (Wildman–Crippen MR) is 78.8 cm³/mol. The number of carbonyl (C=O) groups excluding carboxylic acids is 1. The van der Waals surface area contributed by atoms with Crippen LogP contribution >= 0.6 is 0 Å². The highest BCUT2D eigenvalue weighted by atomic mass is 16.1. The second kappa shape index (κ2) is 10.3. The molecule has 1 aliphatic rings. The predicted octanol–water partition coefficient (Wildman–Crippen LogP) is 5.59. The Labute approximate surface area is 113 Å². The summed E-state index contributed by atoms with van der Waals surface area (Å²) >= 11 is 0. The summed E-state index contributed by atoms with van der Waals surface area (Å²) in [6.07, 6.45) is 18.6. The molecule has 0 atom stereocenters. The minimum absolute atomic E-state index is 0.377. The van der Waals surface area contributed by atoms with Gasteiger partial charge in [-0.15, -0.1) is 0 Å². The largest absolute Gasteiger partial charge is 0.295 e. The standard InChI is InChI=1S/C17H30O/c1-16-14-12-10-8-6-4-2-3-5-7-9-11-13-15-17(16)18/h14H,2-13,15H2,1H3. The third kappa shape index (κ3) is 7.68. The first-order valence-corrected chi connectivity index (χ1v) is 8.00. The summed E-state index contributed by atoms with van der Waals surface area (Å²) in [5.41, 5.74) is 1.00. The van der Waals surface area contributed by atoms with Crippen molar-refractivity contribution >= 4 is 5.78 Å². The monoisotopic (exact) mass is 250 g/mol. The van der Waals surface area contributed by atoms with Crippen molar-refractivity contribution in [2.75, 3.05) is 0 Å². The van der Waals surface area contributed by atoms with E-state index in [0.29, 0.717) is 5.78 Å². The van der Waals surface area contributed by atoms with E-state index < -0.39 is 0 Å². The van der Waals surface area contributed by atoms with E-state index in [9.17, 15) is 4.79 Å². The van der Waals surface area contributed by atoms with Crippen molar-refractivity contribution in [3.05, 3.63) is 11.6 Å². The molecule has 0 N–H and O–H groups in total. The van der Waals surface area contributed by atoms with Gasteiger partial charge in [-0.25, -0.2) is 0 Å². The second-order valence-electron chi connectivity index (χ2n) is 5.74. The summed E-state index contributed by atoms with van der Waals surface area (Å²) in [6, 6.07) is 0. The lowest BCUT2D eigenvalue weighted by molar-refractivity contribution is -0.115. The Morgan fingerprint density at radius 2 is 1.17 bits per heavy atom. The second-order valence-corrected chi connectivity index (χ2v) is 5.74. The van der Waals surface area contributed by atoms with Gasteiger partial charge in [-0.1, -0.05) is 63.9 Å². The van der Waals surface area contributed by atoms with Crippen LogP contribution in [-0.2, 0) is 4.79 Å². The maximum Gasteiger partial charge on any atom is 0.158 e. The van der Waals surface area contributed by atoms with Crippen LogP contribution < -0.4 is 0 Å². The third-order valence-corrected chi connectivity index (χ3v) is 4.00. The fraction of sp³-hybridized carbons (Fsp3) is 0.824. The molecule has 0 heterocycles. The van der Waals surface area contributed by atoms with Crippen molar-refractivity contribution in [1.29, 1.82) is 0 Å². The molecule has 0 saturated heterocycles. The Bertz CT molecular complexity index is 252.